The average Bonchev–Trinajstić information content (AvgIpc) is 2.35. The number of alkyl halides is 1. The topological polar surface area (TPSA) is 12.9 Å². The second-order valence-electron chi connectivity index (χ2n) is 4.16. The molecule has 1 aromatic carbocycles. The van der Waals surface area contributed by atoms with Gasteiger partial charge in [0.25, 0.3) is 0 Å². The Balaban J connectivity index is 2.18. The van der Waals surface area contributed by atoms with Crippen molar-refractivity contribution in [3.05, 3.63) is 63.6 Å². The van der Waals surface area contributed by atoms with Gasteiger partial charge in [0.2, 0.25) is 0 Å². The smallest absolute Gasteiger partial charge is 0.127 e. The standard InChI is InChI=1S/C14H12BrClFN/c1-9-2-4-11(18-8-9)7-13(16)12-6-10(15)3-5-14(12)17/h2-6,8,13H,7H2,1H3. The fourth-order valence-corrected chi connectivity index (χ4v) is 2.37. The molecule has 0 saturated heterocycles. The van der Waals surface area contributed by atoms with Gasteiger partial charge >= 0.3 is 0 Å². The Morgan fingerprint density at radius 2 is 2.11 bits per heavy atom. The summed E-state index contributed by atoms with van der Waals surface area (Å²) in [6, 6.07) is 8.68. The van der Waals surface area contributed by atoms with Gasteiger partial charge in [-0.25, -0.2) is 4.39 Å². The maximum absolute atomic E-state index is 13.7. The number of halogens is 3. The molecule has 0 bridgehead atoms. The fourth-order valence-electron chi connectivity index (χ4n) is 1.67. The molecule has 0 N–H and O–H groups in total. The van der Waals surface area contributed by atoms with Crippen molar-refractivity contribution in [2.45, 2.75) is 18.7 Å². The van der Waals surface area contributed by atoms with Gasteiger partial charge in [-0.15, -0.1) is 11.6 Å². The van der Waals surface area contributed by atoms with E-state index < -0.39 is 5.38 Å². The Labute approximate surface area is 119 Å². The molecule has 2 rings (SSSR count). The third-order valence-corrected chi connectivity index (χ3v) is 3.54. The molecule has 1 nitrogen and oxygen atoms in total. The number of rotatable bonds is 3. The molecular weight excluding hydrogens is 317 g/mol. The van der Waals surface area contributed by atoms with Gasteiger partial charge in [0.15, 0.2) is 0 Å². The Morgan fingerprint density at radius 1 is 1.33 bits per heavy atom. The first-order valence-corrected chi connectivity index (χ1v) is 6.80. The van der Waals surface area contributed by atoms with Crippen molar-refractivity contribution in [2.24, 2.45) is 0 Å². The second kappa shape index (κ2) is 5.81. The van der Waals surface area contributed by atoms with Crippen LogP contribution in [-0.2, 0) is 6.42 Å². The Kier molecular flexibility index (Phi) is 4.36. The highest BCUT2D eigenvalue weighted by Crippen LogP contribution is 2.29. The van der Waals surface area contributed by atoms with Crippen LogP contribution in [-0.4, -0.2) is 4.98 Å². The van der Waals surface area contributed by atoms with Gasteiger partial charge in [-0.1, -0.05) is 22.0 Å². The zero-order valence-electron chi connectivity index (χ0n) is 9.83. The number of aromatic nitrogens is 1. The molecule has 0 saturated carbocycles. The van der Waals surface area contributed by atoms with E-state index in [1.807, 2.05) is 19.1 Å². The van der Waals surface area contributed by atoms with Crippen molar-refractivity contribution in [1.82, 2.24) is 4.98 Å². The first-order valence-electron chi connectivity index (χ1n) is 5.57. The molecule has 1 unspecified atom stereocenters. The van der Waals surface area contributed by atoms with Crippen molar-refractivity contribution in [1.29, 1.82) is 0 Å². The van der Waals surface area contributed by atoms with E-state index in [2.05, 4.69) is 20.9 Å². The number of nitrogens with zero attached hydrogens (tertiary/aromatic N) is 1. The number of hydrogen-bond acceptors (Lipinski definition) is 1. The normalized spacial score (nSPS) is 12.4. The summed E-state index contributed by atoms with van der Waals surface area (Å²) in [6.07, 6.45) is 2.30. The lowest BCUT2D eigenvalue weighted by atomic mass is 10.1. The number of aryl methyl sites for hydroxylation is 1. The van der Waals surface area contributed by atoms with E-state index in [0.29, 0.717) is 12.0 Å². The minimum absolute atomic E-state index is 0.287. The number of hydrogen-bond donors (Lipinski definition) is 0. The number of benzene rings is 1. The predicted octanol–water partition coefficient (Wildman–Crippen LogP) is 4.81. The van der Waals surface area contributed by atoms with Crippen molar-refractivity contribution in [3.63, 3.8) is 0 Å². The number of pyridine rings is 1. The van der Waals surface area contributed by atoms with E-state index >= 15 is 0 Å². The molecule has 4 heteroatoms. The minimum atomic E-state index is -0.419. The molecule has 0 aliphatic heterocycles. The maximum atomic E-state index is 13.7. The van der Waals surface area contributed by atoms with E-state index in [1.54, 1.807) is 18.3 Å². The summed E-state index contributed by atoms with van der Waals surface area (Å²) in [5, 5.41) is -0.419. The molecule has 1 aromatic heterocycles. The average molecular weight is 329 g/mol. The third-order valence-electron chi connectivity index (χ3n) is 2.66. The van der Waals surface area contributed by atoms with E-state index in [9.17, 15) is 4.39 Å². The van der Waals surface area contributed by atoms with Crippen LogP contribution in [0.1, 0.15) is 22.2 Å². The lowest BCUT2D eigenvalue weighted by molar-refractivity contribution is 0.604. The zero-order valence-corrected chi connectivity index (χ0v) is 12.2. The summed E-state index contributed by atoms with van der Waals surface area (Å²) in [5.41, 5.74) is 2.45. The Bertz CT molecular complexity index is 542. The molecule has 0 amide bonds. The van der Waals surface area contributed by atoms with Crippen LogP contribution in [0.2, 0.25) is 0 Å². The van der Waals surface area contributed by atoms with Crippen LogP contribution < -0.4 is 0 Å². The maximum Gasteiger partial charge on any atom is 0.127 e. The molecular formula is C14H12BrClFN. The molecule has 94 valence electrons. The largest absolute Gasteiger partial charge is 0.261 e. The lowest BCUT2D eigenvalue weighted by Crippen LogP contribution is -2.01. The van der Waals surface area contributed by atoms with E-state index in [4.69, 9.17) is 11.6 Å². The van der Waals surface area contributed by atoms with Crippen LogP contribution in [0, 0.1) is 12.7 Å². The van der Waals surface area contributed by atoms with Gasteiger partial charge in [0, 0.05) is 28.3 Å². The van der Waals surface area contributed by atoms with Crippen LogP contribution in [0.25, 0.3) is 0 Å². The van der Waals surface area contributed by atoms with E-state index in [1.165, 1.54) is 6.07 Å². The van der Waals surface area contributed by atoms with Gasteiger partial charge in [-0.05, 0) is 36.8 Å². The molecule has 0 spiro atoms. The van der Waals surface area contributed by atoms with E-state index in [-0.39, 0.29) is 5.82 Å². The molecule has 18 heavy (non-hydrogen) atoms. The summed E-state index contributed by atoms with van der Waals surface area (Å²) >= 11 is 9.58. The fraction of sp³-hybridized carbons (Fsp3) is 0.214. The Hall–Kier alpha value is -0.930. The summed E-state index contributed by atoms with van der Waals surface area (Å²) < 4.78 is 14.5. The van der Waals surface area contributed by atoms with Crippen LogP contribution in [0.5, 0.6) is 0 Å². The predicted molar refractivity (Wildman–Crippen MR) is 75.4 cm³/mol. The van der Waals surface area contributed by atoms with Gasteiger partial charge in [-0.2, -0.15) is 0 Å². The van der Waals surface area contributed by atoms with Crippen LogP contribution >= 0.6 is 27.5 Å². The SMILES string of the molecule is Cc1ccc(CC(Cl)c2cc(Br)ccc2F)nc1. The highest BCUT2D eigenvalue weighted by Gasteiger charge is 2.14. The first kappa shape index (κ1) is 13.5. The highest BCUT2D eigenvalue weighted by atomic mass is 79.9. The van der Waals surface area contributed by atoms with Crippen molar-refractivity contribution in [3.8, 4) is 0 Å². The van der Waals surface area contributed by atoms with Crippen molar-refractivity contribution < 1.29 is 4.39 Å². The summed E-state index contributed by atoms with van der Waals surface area (Å²) in [7, 11) is 0. The van der Waals surface area contributed by atoms with E-state index in [0.717, 1.165) is 15.7 Å². The third kappa shape index (κ3) is 3.30. The highest BCUT2D eigenvalue weighted by molar-refractivity contribution is 9.10. The molecule has 0 fully saturated rings. The van der Waals surface area contributed by atoms with Crippen LogP contribution in [0.4, 0.5) is 4.39 Å². The van der Waals surface area contributed by atoms with Gasteiger partial charge in [0.05, 0.1) is 5.38 Å². The van der Waals surface area contributed by atoms with Gasteiger partial charge in [-0.3, -0.25) is 4.98 Å². The summed E-state index contributed by atoms with van der Waals surface area (Å²) in [5.74, 6) is -0.287. The molecule has 0 aliphatic rings. The molecule has 0 radical (unpaired) electrons. The monoisotopic (exact) mass is 327 g/mol. The van der Waals surface area contributed by atoms with Gasteiger partial charge in [0.1, 0.15) is 5.82 Å². The Morgan fingerprint density at radius 3 is 2.78 bits per heavy atom. The quantitative estimate of drug-likeness (QED) is 0.737. The minimum Gasteiger partial charge on any atom is -0.261 e. The summed E-state index contributed by atoms with van der Waals surface area (Å²) in [4.78, 5) is 4.28. The van der Waals surface area contributed by atoms with Crippen molar-refractivity contribution in [2.75, 3.05) is 0 Å². The molecule has 1 atom stereocenters. The molecule has 0 aliphatic carbocycles. The van der Waals surface area contributed by atoms with Crippen LogP contribution in [0.15, 0.2) is 41.0 Å². The molecule has 1 heterocycles. The first-order chi connectivity index (χ1) is 8.56. The second-order valence-corrected chi connectivity index (χ2v) is 5.61. The lowest BCUT2D eigenvalue weighted by Gasteiger charge is -2.11. The van der Waals surface area contributed by atoms with Gasteiger partial charge < -0.3 is 0 Å². The van der Waals surface area contributed by atoms with Crippen LogP contribution in [0.3, 0.4) is 0 Å². The summed E-state index contributed by atoms with van der Waals surface area (Å²) in [6.45, 7) is 1.98. The molecule has 2 aromatic rings. The van der Waals surface area contributed by atoms with Crippen molar-refractivity contribution >= 4 is 27.5 Å². The zero-order chi connectivity index (χ0) is 13.1.